The van der Waals surface area contributed by atoms with Gasteiger partial charge in [0.2, 0.25) is 0 Å². The first-order chi connectivity index (χ1) is 7.91. The maximum atomic E-state index is 10.9. The molecule has 0 aromatic carbocycles. The minimum Gasteiger partial charge on any atom is -0.480 e. The first-order valence-corrected chi connectivity index (χ1v) is 6.89. The average molecular weight is 241 g/mol. The number of carbonyl (C=O) groups is 1. The molecule has 0 aromatic heterocycles. The van der Waals surface area contributed by atoms with Gasteiger partial charge in [-0.2, -0.15) is 0 Å². The van der Waals surface area contributed by atoms with Gasteiger partial charge >= 0.3 is 5.97 Å². The van der Waals surface area contributed by atoms with E-state index in [0.29, 0.717) is 12.1 Å². The molecule has 1 fully saturated rings. The van der Waals surface area contributed by atoms with E-state index >= 15 is 0 Å². The Labute approximate surface area is 105 Å². The lowest BCUT2D eigenvalue weighted by molar-refractivity contribution is -0.139. The summed E-state index contributed by atoms with van der Waals surface area (Å²) in [5.74, 6) is 0.783. The van der Waals surface area contributed by atoms with E-state index < -0.39 is 5.97 Å². The van der Waals surface area contributed by atoms with Crippen LogP contribution in [0.3, 0.4) is 0 Å². The minimum absolute atomic E-state index is 0.188. The number of carboxylic acid groups (broad SMARTS) is 1. The lowest BCUT2D eigenvalue weighted by Crippen LogP contribution is -2.46. The SMILES string of the molecule is CC(C)C1CCCC(N(CC(=O)O)C(C)C)C1. The Balaban J connectivity index is 2.63. The third-order valence-electron chi connectivity index (χ3n) is 4.08. The molecule has 1 aliphatic carbocycles. The summed E-state index contributed by atoms with van der Waals surface area (Å²) in [7, 11) is 0. The molecule has 0 radical (unpaired) electrons. The second kappa shape index (κ2) is 6.39. The van der Waals surface area contributed by atoms with Crippen LogP contribution in [-0.4, -0.2) is 34.6 Å². The number of rotatable bonds is 5. The van der Waals surface area contributed by atoms with Crippen LogP contribution < -0.4 is 0 Å². The number of hydrogen-bond acceptors (Lipinski definition) is 2. The molecule has 0 spiro atoms. The average Bonchev–Trinajstić information content (AvgIpc) is 2.25. The second-order valence-corrected chi connectivity index (χ2v) is 5.98. The molecule has 3 heteroatoms. The summed E-state index contributed by atoms with van der Waals surface area (Å²) in [5.41, 5.74) is 0. The first-order valence-electron chi connectivity index (χ1n) is 6.89. The van der Waals surface area contributed by atoms with Crippen LogP contribution in [0.2, 0.25) is 0 Å². The van der Waals surface area contributed by atoms with Gasteiger partial charge in [0.05, 0.1) is 6.54 Å². The van der Waals surface area contributed by atoms with Crippen molar-refractivity contribution in [1.82, 2.24) is 4.90 Å². The summed E-state index contributed by atoms with van der Waals surface area (Å²) in [4.78, 5) is 13.1. The van der Waals surface area contributed by atoms with Crippen LogP contribution >= 0.6 is 0 Å². The zero-order valence-corrected chi connectivity index (χ0v) is 11.6. The molecule has 0 aliphatic heterocycles. The van der Waals surface area contributed by atoms with Crippen LogP contribution in [0, 0.1) is 11.8 Å². The monoisotopic (exact) mass is 241 g/mol. The molecule has 3 nitrogen and oxygen atoms in total. The molecule has 0 aromatic rings. The number of nitrogens with zero attached hydrogens (tertiary/aromatic N) is 1. The molecule has 0 saturated heterocycles. The van der Waals surface area contributed by atoms with Gasteiger partial charge in [0.15, 0.2) is 0 Å². The summed E-state index contributed by atoms with van der Waals surface area (Å²) in [5, 5.41) is 9.00. The van der Waals surface area contributed by atoms with Crippen LogP contribution in [0.5, 0.6) is 0 Å². The number of hydrogen-bond donors (Lipinski definition) is 1. The van der Waals surface area contributed by atoms with E-state index in [2.05, 4.69) is 32.6 Å². The van der Waals surface area contributed by atoms with Crippen molar-refractivity contribution in [2.24, 2.45) is 11.8 Å². The Bertz CT molecular complexity index is 251. The van der Waals surface area contributed by atoms with Crippen molar-refractivity contribution < 1.29 is 9.90 Å². The van der Waals surface area contributed by atoms with Gasteiger partial charge in [0, 0.05) is 12.1 Å². The first kappa shape index (κ1) is 14.5. The summed E-state index contributed by atoms with van der Waals surface area (Å²) >= 11 is 0. The molecule has 17 heavy (non-hydrogen) atoms. The van der Waals surface area contributed by atoms with E-state index in [-0.39, 0.29) is 6.54 Å². The quantitative estimate of drug-likeness (QED) is 0.804. The van der Waals surface area contributed by atoms with Gasteiger partial charge in [-0.3, -0.25) is 9.69 Å². The highest BCUT2D eigenvalue weighted by atomic mass is 16.4. The van der Waals surface area contributed by atoms with E-state index in [1.54, 1.807) is 0 Å². The summed E-state index contributed by atoms with van der Waals surface area (Å²) in [6, 6.07) is 0.786. The maximum Gasteiger partial charge on any atom is 0.317 e. The Hall–Kier alpha value is -0.570. The minimum atomic E-state index is -0.703. The molecule has 100 valence electrons. The molecule has 2 unspecified atom stereocenters. The number of carboxylic acids is 1. The van der Waals surface area contributed by atoms with E-state index in [4.69, 9.17) is 5.11 Å². The van der Waals surface area contributed by atoms with Gasteiger partial charge in [-0.1, -0.05) is 26.7 Å². The van der Waals surface area contributed by atoms with Crippen LogP contribution in [0.1, 0.15) is 53.4 Å². The largest absolute Gasteiger partial charge is 0.480 e. The molecule has 0 heterocycles. The zero-order valence-electron chi connectivity index (χ0n) is 11.6. The van der Waals surface area contributed by atoms with E-state index in [0.717, 1.165) is 18.3 Å². The molecule has 2 atom stereocenters. The molecular weight excluding hydrogens is 214 g/mol. The van der Waals surface area contributed by atoms with Crippen molar-refractivity contribution in [3.8, 4) is 0 Å². The summed E-state index contributed by atoms with van der Waals surface area (Å²) < 4.78 is 0. The van der Waals surface area contributed by atoms with Crippen molar-refractivity contribution >= 4 is 5.97 Å². The van der Waals surface area contributed by atoms with Crippen molar-refractivity contribution in [2.75, 3.05) is 6.54 Å². The Morgan fingerprint density at radius 2 is 1.94 bits per heavy atom. The van der Waals surface area contributed by atoms with Crippen molar-refractivity contribution in [3.05, 3.63) is 0 Å². The Morgan fingerprint density at radius 1 is 1.29 bits per heavy atom. The van der Waals surface area contributed by atoms with Gasteiger partial charge in [0.1, 0.15) is 0 Å². The van der Waals surface area contributed by atoms with Gasteiger partial charge in [0.25, 0.3) is 0 Å². The molecular formula is C14H27NO2. The zero-order chi connectivity index (χ0) is 13.0. The second-order valence-electron chi connectivity index (χ2n) is 5.98. The van der Waals surface area contributed by atoms with Gasteiger partial charge < -0.3 is 5.11 Å². The fraction of sp³-hybridized carbons (Fsp3) is 0.929. The van der Waals surface area contributed by atoms with Gasteiger partial charge in [-0.15, -0.1) is 0 Å². The Morgan fingerprint density at radius 3 is 2.41 bits per heavy atom. The fourth-order valence-electron chi connectivity index (χ4n) is 3.00. The van der Waals surface area contributed by atoms with E-state index in [1.165, 1.54) is 19.3 Å². The van der Waals surface area contributed by atoms with Crippen molar-refractivity contribution in [1.29, 1.82) is 0 Å². The predicted molar refractivity (Wildman–Crippen MR) is 70.1 cm³/mol. The van der Waals surface area contributed by atoms with E-state index in [1.807, 2.05) is 0 Å². The molecule has 1 rings (SSSR count). The van der Waals surface area contributed by atoms with Crippen LogP contribution in [0.15, 0.2) is 0 Å². The van der Waals surface area contributed by atoms with Crippen LogP contribution in [-0.2, 0) is 4.79 Å². The highest BCUT2D eigenvalue weighted by molar-refractivity contribution is 5.69. The molecule has 1 N–H and O–H groups in total. The lowest BCUT2D eigenvalue weighted by Gasteiger charge is -2.40. The standard InChI is InChI=1S/C14H27NO2/c1-10(2)12-6-5-7-13(8-12)15(11(3)4)9-14(16)17/h10-13H,5-9H2,1-4H3,(H,16,17). The number of aliphatic carboxylic acids is 1. The van der Waals surface area contributed by atoms with Crippen molar-refractivity contribution in [2.45, 2.75) is 65.5 Å². The van der Waals surface area contributed by atoms with Crippen molar-refractivity contribution in [3.63, 3.8) is 0 Å². The predicted octanol–water partition coefficient (Wildman–Crippen LogP) is 3.00. The fourth-order valence-corrected chi connectivity index (χ4v) is 3.00. The van der Waals surface area contributed by atoms with Gasteiger partial charge in [-0.25, -0.2) is 0 Å². The topological polar surface area (TPSA) is 40.5 Å². The normalized spacial score (nSPS) is 25.8. The highest BCUT2D eigenvalue weighted by Crippen LogP contribution is 2.33. The molecule has 0 amide bonds. The highest BCUT2D eigenvalue weighted by Gasteiger charge is 2.30. The third kappa shape index (κ3) is 4.30. The smallest absolute Gasteiger partial charge is 0.317 e. The molecule has 1 aliphatic rings. The summed E-state index contributed by atoms with van der Waals surface area (Å²) in [6.45, 7) is 8.95. The van der Waals surface area contributed by atoms with E-state index in [9.17, 15) is 4.79 Å². The maximum absolute atomic E-state index is 10.9. The van der Waals surface area contributed by atoms with Gasteiger partial charge in [-0.05, 0) is 38.5 Å². The van der Waals surface area contributed by atoms with Crippen LogP contribution in [0.25, 0.3) is 0 Å². The summed E-state index contributed by atoms with van der Waals surface area (Å²) in [6.07, 6.45) is 4.89. The lowest BCUT2D eigenvalue weighted by atomic mass is 9.78. The molecule has 0 bridgehead atoms. The Kier molecular flexibility index (Phi) is 5.44. The third-order valence-corrected chi connectivity index (χ3v) is 4.08. The van der Waals surface area contributed by atoms with Crippen LogP contribution in [0.4, 0.5) is 0 Å². The molecule has 1 saturated carbocycles.